The van der Waals surface area contributed by atoms with E-state index in [0.717, 1.165) is 18.5 Å². The van der Waals surface area contributed by atoms with Crippen LogP contribution in [0.15, 0.2) is 36.4 Å². The molecular weight excluding hydrogens is 198 g/mol. The molecule has 1 amide bonds. The summed E-state index contributed by atoms with van der Waals surface area (Å²) >= 11 is 0. The lowest BCUT2D eigenvalue weighted by Gasteiger charge is -2.06. The van der Waals surface area contributed by atoms with Crippen molar-refractivity contribution in [1.82, 2.24) is 5.32 Å². The molecule has 1 rings (SSSR count). The molecule has 16 heavy (non-hydrogen) atoms. The van der Waals surface area contributed by atoms with Gasteiger partial charge in [-0.15, -0.1) is 0 Å². The number of amides is 1. The number of rotatable bonds is 5. The molecule has 0 radical (unpaired) electrons. The lowest BCUT2D eigenvalue weighted by Crippen LogP contribution is -2.26. The largest absolute Gasteiger partial charge is 0.356 e. The van der Waals surface area contributed by atoms with E-state index in [1.165, 1.54) is 5.56 Å². The van der Waals surface area contributed by atoms with E-state index >= 15 is 0 Å². The molecule has 0 atom stereocenters. The lowest BCUT2D eigenvalue weighted by molar-refractivity contribution is -0.120. The van der Waals surface area contributed by atoms with Gasteiger partial charge in [0.15, 0.2) is 0 Å². The van der Waals surface area contributed by atoms with Gasteiger partial charge < -0.3 is 5.32 Å². The molecule has 0 saturated heterocycles. The Labute approximate surface area is 97.4 Å². The van der Waals surface area contributed by atoms with Crippen LogP contribution in [0.2, 0.25) is 0 Å². The number of hydrogen-bond donors (Lipinski definition) is 1. The summed E-state index contributed by atoms with van der Waals surface area (Å²) in [5, 5.41) is 2.90. The minimum atomic E-state index is 0.0961. The first kappa shape index (κ1) is 12.5. The molecule has 0 fully saturated rings. The fourth-order valence-electron chi connectivity index (χ4n) is 1.51. The molecule has 2 heteroatoms. The van der Waals surface area contributed by atoms with Crippen molar-refractivity contribution in [3.63, 3.8) is 0 Å². The second kappa shape index (κ2) is 6.83. The van der Waals surface area contributed by atoms with Crippen molar-refractivity contribution in [2.45, 2.75) is 26.7 Å². The molecule has 1 aromatic carbocycles. The Morgan fingerprint density at radius 1 is 1.38 bits per heavy atom. The van der Waals surface area contributed by atoms with Crippen molar-refractivity contribution in [2.75, 3.05) is 6.54 Å². The second-order valence-electron chi connectivity index (χ2n) is 3.81. The molecule has 0 aliphatic heterocycles. The van der Waals surface area contributed by atoms with Crippen molar-refractivity contribution in [1.29, 1.82) is 0 Å². The van der Waals surface area contributed by atoms with E-state index in [1.54, 1.807) is 0 Å². The van der Waals surface area contributed by atoms with Crippen LogP contribution in [0.25, 0.3) is 0 Å². The third kappa shape index (κ3) is 4.30. The molecule has 0 aliphatic rings. The minimum Gasteiger partial charge on any atom is -0.356 e. The first-order valence-corrected chi connectivity index (χ1v) is 5.66. The average Bonchev–Trinajstić information content (AvgIpc) is 2.28. The summed E-state index contributed by atoms with van der Waals surface area (Å²) in [7, 11) is 0. The van der Waals surface area contributed by atoms with Crippen LogP contribution in [0.1, 0.15) is 24.5 Å². The van der Waals surface area contributed by atoms with E-state index in [1.807, 2.05) is 50.3 Å². The van der Waals surface area contributed by atoms with Crippen LogP contribution in [-0.4, -0.2) is 12.5 Å². The van der Waals surface area contributed by atoms with E-state index in [9.17, 15) is 4.79 Å². The van der Waals surface area contributed by atoms with Crippen LogP contribution in [0.4, 0.5) is 0 Å². The van der Waals surface area contributed by atoms with Gasteiger partial charge in [0.1, 0.15) is 0 Å². The van der Waals surface area contributed by atoms with Gasteiger partial charge in [-0.3, -0.25) is 4.79 Å². The number of hydrogen-bond acceptors (Lipinski definition) is 1. The molecule has 0 heterocycles. The number of benzene rings is 1. The third-order valence-electron chi connectivity index (χ3n) is 2.48. The number of aryl methyl sites for hydroxylation is 1. The van der Waals surface area contributed by atoms with Gasteiger partial charge in [0.25, 0.3) is 0 Å². The Morgan fingerprint density at radius 3 is 2.81 bits per heavy atom. The van der Waals surface area contributed by atoms with Crippen molar-refractivity contribution in [3.05, 3.63) is 47.5 Å². The third-order valence-corrected chi connectivity index (χ3v) is 2.48. The topological polar surface area (TPSA) is 29.1 Å². The van der Waals surface area contributed by atoms with Crippen molar-refractivity contribution in [3.8, 4) is 0 Å². The van der Waals surface area contributed by atoms with Crippen LogP contribution in [0.5, 0.6) is 0 Å². The predicted octanol–water partition coefficient (Wildman–Crippen LogP) is 2.62. The van der Waals surface area contributed by atoms with Gasteiger partial charge in [-0.2, -0.15) is 0 Å². The van der Waals surface area contributed by atoms with Crippen LogP contribution in [0.3, 0.4) is 0 Å². The van der Waals surface area contributed by atoms with Crippen LogP contribution in [0, 0.1) is 6.92 Å². The highest BCUT2D eigenvalue weighted by molar-refractivity contribution is 5.78. The Balaban J connectivity index is 2.37. The molecule has 86 valence electrons. The molecule has 0 aliphatic carbocycles. The van der Waals surface area contributed by atoms with Crippen molar-refractivity contribution in [2.24, 2.45) is 0 Å². The van der Waals surface area contributed by atoms with E-state index in [4.69, 9.17) is 0 Å². The van der Waals surface area contributed by atoms with Crippen molar-refractivity contribution >= 4 is 5.91 Å². The zero-order chi connectivity index (χ0) is 11.8. The van der Waals surface area contributed by atoms with Gasteiger partial charge in [-0.1, -0.05) is 36.4 Å². The van der Waals surface area contributed by atoms with Crippen LogP contribution in [-0.2, 0) is 11.2 Å². The second-order valence-corrected chi connectivity index (χ2v) is 3.81. The highest BCUT2D eigenvalue weighted by Gasteiger charge is 2.03. The van der Waals surface area contributed by atoms with Gasteiger partial charge in [-0.05, 0) is 31.4 Å². The first-order chi connectivity index (χ1) is 7.74. The van der Waals surface area contributed by atoms with Gasteiger partial charge in [0.05, 0.1) is 6.42 Å². The Bertz CT molecular complexity index is 369. The monoisotopic (exact) mass is 217 g/mol. The number of nitrogens with one attached hydrogen (secondary N) is 1. The van der Waals surface area contributed by atoms with E-state index in [0.29, 0.717) is 6.42 Å². The summed E-state index contributed by atoms with van der Waals surface area (Å²) in [5.74, 6) is 0.0961. The number of carbonyl (C=O) groups is 1. The fourth-order valence-corrected chi connectivity index (χ4v) is 1.51. The SMILES string of the molecule is C/C=C/CCNC(=O)Cc1ccccc1C. The average molecular weight is 217 g/mol. The van der Waals surface area contributed by atoms with Gasteiger partial charge in [-0.25, -0.2) is 0 Å². The molecule has 0 spiro atoms. The standard InChI is InChI=1S/C14H19NO/c1-3-4-7-10-15-14(16)11-13-9-6-5-8-12(13)2/h3-6,8-9H,7,10-11H2,1-2H3,(H,15,16)/b4-3+. The Morgan fingerprint density at radius 2 is 2.12 bits per heavy atom. The molecule has 0 unspecified atom stereocenters. The first-order valence-electron chi connectivity index (χ1n) is 5.66. The summed E-state index contributed by atoms with van der Waals surface area (Å²) in [5.41, 5.74) is 2.28. The molecule has 2 nitrogen and oxygen atoms in total. The smallest absolute Gasteiger partial charge is 0.224 e. The molecule has 1 aromatic rings. The Kier molecular flexibility index (Phi) is 5.34. The van der Waals surface area contributed by atoms with Gasteiger partial charge in [0.2, 0.25) is 5.91 Å². The quantitative estimate of drug-likeness (QED) is 0.596. The zero-order valence-corrected chi connectivity index (χ0v) is 9.99. The van der Waals surface area contributed by atoms with Crippen molar-refractivity contribution < 1.29 is 4.79 Å². The maximum atomic E-state index is 11.6. The summed E-state index contributed by atoms with van der Waals surface area (Å²) in [6, 6.07) is 7.99. The molecule has 1 N–H and O–H groups in total. The summed E-state index contributed by atoms with van der Waals surface area (Å²) < 4.78 is 0. The van der Waals surface area contributed by atoms with E-state index < -0.39 is 0 Å². The minimum absolute atomic E-state index is 0.0961. The van der Waals surface area contributed by atoms with Gasteiger partial charge in [0, 0.05) is 6.54 Å². The van der Waals surface area contributed by atoms with Crippen LogP contribution < -0.4 is 5.32 Å². The fraction of sp³-hybridized carbons (Fsp3) is 0.357. The summed E-state index contributed by atoms with van der Waals surface area (Å²) in [6.45, 7) is 4.73. The number of allylic oxidation sites excluding steroid dienone is 1. The Hall–Kier alpha value is -1.57. The van der Waals surface area contributed by atoms with Crippen LogP contribution >= 0.6 is 0 Å². The maximum Gasteiger partial charge on any atom is 0.224 e. The molecular formula is C14H19NO. The zero-order valence-electron chi connectivity index (χ0n) is 9.99. The maximum absolute atomic E-state index is 11.6. The summed E-state index contributed by atoms with van der Waals surface area (Å²) in [4.78, 5) is 11.6. The van der Waals surface area contributed by atoms with E-state index in [-0.39, 0.29) is 5.91 Å². The molecule has 0 aromatic heterocycles. The predicted molar refractivity (Wildman–Crippen MR) is 67.3 cm³/mol. The highest BCUT2D eigenvalue weighted by Crippen LogP contribution is 2.07. The highest BCUT2D eigenvalue weighted by atomic mass is 16.1. The van der Waals surface area contributed by atoms with Gasteiger partial charge >= 0.3 is 0 Å². The molecule has 0 bridgehead atoms. The summed E-state index contributed by atoms with van der Waals surface area (Å²) in [6.07, 6.45) is 5.42. The molecule has 0 saturated carbocycles. The number of carbonyl (C=O) groups excluding carboxylic acids is 1. The lowest BCUT2D eigenvalue weighted by atomic mass is 10.1. The normalized spacial score (nSPS) is 10.6. The van der Waals surface area contributed by atoms with E-state index in [2.05, 4.69) is 5.32 Å².